The second kappa shape index (κ2) is 7.93. The molecule has 0 aliphatic rings. The molecule has 2 amide bonds. The monoisotopic (exact) mass is 267 g/mol. The molecule has 0 unspecified atom stereocenters. The van der Waals surface area contributed by atoms with E-state index in [0.717, 1.165) is 5.56 Å². The van der Waals surface area contributed by atoms with Crippen LogP contribution in [0.1, 0.15) is 5.56 Å². The summed E-state index contributed by atoms with van der Waals surface area (Å²) in [5.41, 5.74) is 11.2. The summed E-state index contributed by atoms with van der Waals surface area (Å²) >= 11 is 0. The maximum Gasteiger partial charge on any atom is 0.404 e. The maximum absolute atomic E-state index is 11.4. The lowest BCUT2D eigenvalue weighted by molar-refractivity contribution is -0.123. The fourth-order valence-corrected chi connectivity index (χ4v) is 1.26. The smallest absolute Gasteiger partial charge is 0.404 e. The summed E-state index contributed by atoms with van der Waals surface area (Å²) in [5, 5.41) is 2.51. The molecule has 0 saturated carbocycles. The molecular formula is C12H17N3O4. The lowest BCUT2D eigenvalue weighted by atomic mass is 10.2. The quantitative estimate of drug-likeness (QED) is 0.588. The van der Waals surface area contributed by atoms with Gasteiger partial charge in [-0.3, -0.25) is 4.79 Å². The third-order valence-corrected chi connectivity index (χ3v) is 2.20. The van der Waals surface area contributed by atoms with Crippen LogP contribution in [0.3, 0.4) is 0 Å². The molecule has 1 aromatic carbocycles. The van der Waals surface area contributed by atoms with Crippen molar-refractivity contribution >= 4 is 12.0 Å². The summed E-state index contributed by atoms with van der Waals surface area (Å²) in [5.74, 6) is 0.275. The van der Waals surface area contributed by atoms with Gasteiger partial charge in [0.25, 0.3) is 5.91 Å². The summed E-state index contributed by atoms with van der Waals surface area (Å²) in [6.45, 7) is 0.572. The van der Waals surface area contributed by atoms with Crippen molar-refractivity contribution < 1.29 is 19.1 Å². The van der Waals surface area contributed by atoms with Crippen LogP contribution in [0.5, 0.6) is 5.75 Å². The van der Waals surface area contributed by atoms with E-state index in [1.807, 2.05) is 12.1 Å². The summed E-state index contributed by atoms with van der Waals surface area (Å²) in [6, 6.07) is 7.14. The zero-order chi connectivity index (χ0) is 14.1. The van der Waals surface area contributed by atoms with Gasteiger partial charge in [-0.25, -0.2) is 4.79 Å². The number of carbonyl (C=O) groups excluding carboxylic acids is 2. The lowest BCUT2D eigenvalue weighted by Crippen LogP contribution is -2.32. The number of ether oxygens (including phenoxy) is 2. The average Bonchev–Trinajstić information content (AvgIpc) is 2.41. The first-order valence-corrected chi connectivity index (χ1v) is 5.72. The van der Waals surface area contributed by atoms with Crippen LogP contribution >= 0.6 is 0 Å². The Labute approximate surface area is 110 Å². The molecule has 0 heterocycles. The van der Waals surface area contributed by atoms with E-state index in [4.69, 9.17) is 16.2 Å². The Bertz CT molecular complexity index is 419. The molecule has 1 aromatic rings. The van der Waals surface area contributed by atoms with Crippen LogP contribution in [-0.2, 0) is 16.1 Å². The molecule has 7 nitrogen and oxygen atoms in total. The number of benzene rings is 1. The molecule has 0 radical (unpaired) electrons. The Morgan fingerprint density at radius 3 is 2.47 bits per heavy atom. The molecule has 0 atom stereocenters. The van der Waals surface area contributed by atoms with E-state index in [-0.39, 0.29) is 25.7 Å². The number of hydrogen-bond acceptors (Lipinski definition) is 5. The standard InChI is InChI=1S/C12H17N3O4/c13-7-9-1-3-10(4-2-9)19-8-11(16)15-5-6-18-12(14)17/h1-4H,5-8,13H2,(H2,14,17)(H,15,16). The molecule has 5 N–H and O–H groups in total. The summed E-state index contributed by atoms with van der Waals surface area (Å²) < 4.78 is 9.71. The average molecular weight is 267 g/mol. The van der Waals surface area contributed by atoms with Crippen molar-refractivity contribution in [1.82, 2.24) is 5.32 Å². The number of hydrogen-bond donors (Lipinski definition) is 3. The highest BCUT2D eigenvalue weighted by Gasteiger charge is 2.02. The van der Waals surface area contributed by atoms with Crippen LogP contribution < -0.4 is 21.5 Å². The molecule has 0 aliphatic heterocycles. The van der Waals surface area contributed by atoms with Gasteiger partial charge in [0.15, 0.2) is 6.61 Å². The molecule has 0 saturated heterocycles. The van der Waals surface area contributed by atoms with E-state index in [2.05, 4.69) is 10.1 Å². The topological polar surface area (TPSA) is 117 Å². The van der Waals surface area contributed by atoms with Gasteiger partial charge in [-0.05, 0) is 17.7 Å². The first kappa shape index (κ1) is 14.8. The number of amides is 2. The highest BCUT2D eigenvalue weighted by atomic mass is 16.5. The Kier molecular flexibility index (Phi) is 6.17. The number of nitrogens with one attached hydrogen (secondary N) is 1. The normalized spacial score (nSPS) is 9.74. The van der Waals surface area contributed by atoms with Crippen molar-refractivity contribution in [2.24, 2.45) is 11.5 Å². The maximum atomic E-state index is 11.4. The molecule has 0 aliphatic carbocycles. The van der Waals surface area contributed by atoms with Crippen molar-refractivity contribution in [3.8, 4) is 5.75 Å². The molecule has 0 aromatic heterocycles. The highest BCUT2D eigenvalue weighted by molar-refractivity contribution is 5.77. The number of carbonyl (C=O) groups is 2. The minimum absolute atomic E-state index is 0.0340. The van der Waals surface area contributed by atoms with Gasteiger partial charge in [0.05, 0.1) is 6.54 Å². The molecule has 0 fully saturated rings. The summed E-state index contributed by atoms with van der Waals surface area (Å²) in [7, 11) is 0. The molecule has 104 valence electrons. The van der Waals surface area contributed by atoms with Gasteiger partial charge >= 0.3 is 6.09 Å². The van der Waals surface area contributed by atoms with Crippen LogP contribution in [0.4, 0.5) is 4.79 Å². The van der Waals surface area contributed by atoms with Crippen molar-refractivity contribution in [2.45, 2.75) is 6.54 Å². The zero-order valence-electron chi connectivity index (χ0n) is 10.4. The second-order valence-electron chi connectivity index (χ2n) is 3.65. The van der Waals surface area contributed by atoms with Crippen molar-refractivity contribution in [3.05, 3.63) is 29.8 Å². The fourth-order valence-electron chi connectivity index (χ4n) is 1.26. The van der Waals surface area contributed by atoms with Gasteiger partial charge in [0, 0.05) is 6.54 Å². The van der Waals surface area contributed by atoms with Gasteiger partial charge in [0.1, 0.15) is 12.4 Å². The number of nitrogens with two attached hydrogens (primary N) is 2. The summed E-state index contributed by atoms with van der Waals surface area (Å²) in [4.78, 5) is 21.6. The Hall–Kier alpha value is -2.28. The third kappa shape index (κ3) is 6.27. The van der Waals surface area contributed by atoms with Gasteiger partial charge in [-0.2, -0.15) is 0 Å². The second-order valence-corrected chi connectivity index (χ2v) is 3.65. The Balaban J connectivity index is 2.20. The first-order valence-electron chi connectivity index (χ1n) is 5.72. The molecule has 19 heavy (non-hydrogen) atoms. The van der Waals surface area contributed by atoms with E-state index < -0.39 is 6.09 Å². The number of primary amides is 1. The van der Waals surface area contributed by atoms with Crippen LogP contribution in [-0.4, -0.2) is 31.8 Å². The fraction of sp³-hybridized carbons (Fsp3) is 0.333. The predicted molar refractivity (Wildman–Crippen MR) is 68.4 cm³/mol. The Morgan fingerprint density at radius 2 is 1.89 bits per heavy atom. The van der Waals surface area contributed by atoms with Crippen LogP contribution in [0.2, 0.25) is 0 Å². The molecule has 0 bridgehead atoms. The van der Waals surface area contributed by atoms with Crippen molar-refractivity contribution in [1.29, 1.82) is 0 Å². The zero-order valence-corrected chi connectivity index (χ0v) is 10.4. The van der Waals surface area contributed by atoms with Gasteiger partial charge in [-0.1, -0.05) is 12.1 Å². The number of rotatable bonds is 7. The minimum atomic E-state index is -0.870. The van der Waals surface area contributed by atoms with Crippen LogP contribution in [0, 0.1) is 0 Å². The summed E-state index contributed by atoms with van der Waals surface area (Å²) in [6.07, 6.45) is -0.870. The van der Waals surface area contributed by atoms with E-state index in [1.54, 1.807) is 12.1 Å². The Morgan fingerprint density at radius 1 is 1.21 bits per heavy atom. The third-order valence-electron chi connectivity index (χ3n) is 2.20. The SMILES string of the molecule is NCc1ccc(OCC(=O)NCCOC(N)=O)cc1. The van der Waals surface area contributed by atoms with Gasteiger partial charge in [-0.15, -0.1) is 0 Å². The molecular weight excluding hydrogens is 250 g/mol. The molecule has 0 spiro atoms. The molecule has 1 rings (SSSR count). The lowest BCUT2D eigenvalue weighted by Gasteiger charge is -2.07. The van der Waals surface area contributed by atoms with E-state index in [1.165, 1.54) is 0 Å². The highest BCUT2D eigenvalue weighted by Crippen LogP contribution is 2.11. The van der Waals surface area contributed by atoms with Crippen LogP contribution in [0.25, 0.3) is 0 Å². The van der Waals surface area contributed by atoms with Crippen molar-refractivity contribution in [3.63, 3.8) is 0 Å². The predicted octanol–water partition coefficient (Wildman–Crippen LogP) is -0.264. The van der Waals surface area contributed by atoms with Gasteiger partial charge in [0.2, 0.25) is 0 Å². The van der Waals surface area contributed by atoms with E-state index in [0.29, 0.717) is 12.3 Å². The van der Waals surface area contributed by atoms with Gasteiger partial charge < -0.3 is 26.3 Å². The van der Waals surface area contributed by atoms with Crippen LogP contribution in [0.15, 0.2) is 24.3 Å². The first-order chi connectivity index (χ1) is 9.11. The van der Waals surface area contributed by atoms with E-state index >= 15 is 0 Å². The molecule has 7 heteroatoms. The largest absolute Gasteiger partial charge is 0.484 e. The van der Waals surface area contributed by atoms with Crippen molar-refractivity contribution in [2.75, 3.05) is 19.8 Å². The minimum Gasteiger partial charge on any atom is -0.484 e. The van der Waals surface area contributed by atoms with E-state index in [9.17, 15) is 9.59 Å².